The van der Waals surface area contributed by atoms with Crippen LogP contribution in [-0.4, -0.2) is 9.97 Å². The number of aromatic nitrogens is 2. The van der Waals surface area contributed by atoms with Crippen molar-refractivity contribution < 1.29 is 9.47 Å². The Labute approximate surface area is 304 Å². The highest BCUT2D eigenvalue weighted by Crippen LogP contribution is 2.42. The van der Waals surface area contributed by atoms with Crippen molar-refractivity contribution in [3.8, 4) is 34.4 Å². The predicted octanol–water partition coefficient (Wildman–Crippen LogP) is 13.1. The summed E-state index contributed by atoms with van der Waals surface area (Å²) in [6, 6.07) is 41.6. The number of rotatable bonds is 8. The first-order valence-corrected chi connectivity index (χ1v) is 17.6. The molecule has 0 spiro atoms. The topological polar surface area (TPSA) is 47.5 Å². The number of benzene rings is 4. The molecule has 2 heterocycles. The molecule has 6 aromatic rings. The van der Waals surface area contributed by atoms with Crippen molar-refractivity contribution in [2.45, 2.75) is 78.6 Å². The molecule has 51 heavy (non-hydrogen) atoms. The van der Waals surface area contributed by atoms with Crippen LogP contribution in [0, 0.1) is 0 Å². The van der Waals surface area contributed by atoms with E-state index in [1.807, 2.05) is 60.7 Å². The summed E-state index contributed by atoms with van der Waals surface area (Å²) in [6.07, 6.45) is 3.61. The normalized spacial score (nSPS) is 12.0. The standard InChI is InChI=1S/C46H49N3O2/c1-44(2,3)33-16-20-36(21-17-33)49(37-22-18-34(19-23-37)45(4,5)6)38-29-40(50-39-14-12-13-32(27-39)42-15-10-11-25-47-42)31-41(30-38)51-43-28-35(24-26-48-43)46(7,8)9/h10-31H,1-9H3. The van der Waals surface area contributed by atoms with E-state index in [1.165, 1.54) is 11.1 Å². The van der Waals surface area contributed by atoms with Crippen molar-refractivity contribution in [1.29, 1.82) is 0 Å². The van der Waals surface area contributed by atoms with E-state index in [9.17, 15) is 0 Å². The van der Waals surface area contributed by atoms with Gasteiger partial charge in [0.25, 0.3) is 0 Å². The fourth-order valence-electron chi connectivity index (χ4n) is 5.91. The minimum Gasteiger partial charge on any atom is -0.457 e. The van der Waals surface area contributed by atoms with Crippen LogP contribution in [0.2, 0.25) is 0 Å². The Balaban J connectivity index is 1.48. The van der Waals surface area contributed by atoms with Gasteiger partial charge < -0.3 is 14.4 Å². The maximum atomic E-state index is 6.63. The first kappa shape index (κ1) is 35.4. The van der Waals surface area contributed by atoms with E-state index in [4.69, 9.17) is 9.47 Å². The van der Waals surface area contributed by atoms with Crippen LogP contribution in [0.25, 0.3) is 11.3 Å². The molecule has 6 rings (SSSR count). The summed E-state index contributed by atoms with van der Waals surface area (Å²) >= 11 is 0. The van der Waals surface area contributed by atoms with Crippen molar-refractivity contribution in [1.82, 2.24) is 9.97 Å². The Bertz CT molecular complexity index is 2030. The van der Waals surface area contributed by atoms with E-state index in [1.54, 1.807) is 12.4 Å². The lowest BCUT2D eigenvalue weighted by Crippen LogP contribution is -2.14. The monoisotopic (exact) mass is 675 g/mol. The van der Waals surface area contributed by atoms with Gasteiger partial charge in [0.2, 0.25) is 5.88 Å². The van der Waals surface area contributed by atoms with Gasteiger partial charge in [-0.15, -0.1) is 0 Å². The SMILES string of the molecule is CC(C)(C)c1ccc(N(c2ccc(C(C)(C)C)cc2)c2cc(Oc3cccc(-c4ccccn4)c3)cc(Oc3cc(C(C)(C)C)ccn3)c2)cc1. The minimum absolute atomic E-state index is 0.0326. The van der Waals surface area contributed by atoms with E-state index in [2.05, 4.69) is 138 Å². The molecule has 0 saturated carbocycles. The Kier molecular flexibility index (Phi) is 9.77. The quantitative estimate of drug-likeness (QED) is 0.161. The summed E-state index contributed by atoms with van der Waals surface area (Å²) in [7, 11) is 0. The van der Waals surface area contributed by atoms with Gasteiger partial charge in [0.05, 0.1) is 11.4 Å². The molecule has 0 unspecified atom stereocenters. The average molecular weight is 676 g/mol. The molecule has 0 aliphatic heterocycles. The van der Waals surface area contributed by atoms with Crippen LogP contribution < -0.4 is 14.4 Å². The lowest BCUT2D eigenvalue weighted by molar-refractivity contribution is 0.447. The Morgan fingerprint density at radius 3 is 1.57 bits per heavy atom. The maximum Gasteiger partial charge on any atom is 0.219 e. The number of nitrogens with zero attached hydrogens (tertiary/aromatic N) is 3. The fourth-order valence-corrected chi connectivity index (χ4v) is 5.91. The van der Waals surface area contributed by atoms with Crippen LogP contribution in [0.4, 0.5) is 17.1 Å². The second kappa shape index (κ2) is 14.1. The molecule has 0 saturated heterocycles. The highest BCUT2D eigenvalue weighted by atomic mass is 16.5. The van der Waals surface area contributed by atoms with Crippen LogP contribution >= 0.6 is 0 Å². The molecule has 0 amide bonds. The zero-order valence-electron chi connectivity index (χ0n) is 31.4. The Morgan fingerprint density at radius 2 is 1.02 bits per heavy atom. The summed E-state index contributed by atoms with van der Waals surface area (Å²) in [5, 5.41) is 0. The van der Waals surface area contributed by atoms with E-state index < -0.39 is 0 Å². The van der Waals surface area contributed by atoms with E-state index in [0.29, 0.717) is 23.1 Å². The van der Waals surface area contributed by atoms with Crippen LogP contribution in [0.15, 0.2) is 134 Å². The molecule has 0 radical (unpaired) electrons. The molecular formula is C46H49N3O2. The number of ether oxygens (including phenoxy) is 2. The van der Waals surface area contributed by atoms with Crippen molar-refractivity contribution in [2.24, 2.45) is 0 Å². The van der Waals surface area contributed by atoms with Gasteiger partial charge in [-0.2, -0.15) is 0 Å². The third-order valence-electron chi connectivity index (χ3n) is 8.96. The van der Waals surface area contributed by atoms with Crippen LogP contribution in [0.5, 0.6) is 23.1 Å². The van der Waals surface area contributed by atoms with Gasteiger partial charge in [-0.1, -0.05) is 105 Å². The van der Waals surface area contributed by atoms with Gasteiger partial charge in [0.1, 0.15) is 17.2 Å². The maximum absolute atomic E-state index is 6.63. The molecule has 0 bridgehead atoms. The van der Waals surface area contributed by atoms with Crippen LogP contribution in [0.3, 0.4) is 0 Å². The van der Waals surface area contributed by atoms with E-state index in [-0.39, 0.29) is 16.2 Å². The highest BCUT2D eigenvalue weighted by Gasteiger charge is 2.21. The second-order valence-electron chi connectivity index (χ2n) is 16.2. The lowest BCUT2D eigenvalue weighted by atomic mass is 9.86. The summed E-state index contributed by atoms with van der Waals surface area (Å²) in [6.45, 7) is 20.0. The van der Waals surface area contributed by atoms with Crippen molar-refractivity contribution in [3.05, 3.63) is 150 Å². The molecule has 0 aliphatic carbocycles. The fraction of sp³-hybridized carbons (Fsp3) is 0.261. The van der Waals surface area contributed by atoms with Crippen molar-refractivity contribution in [3.63, 3.8) is 0 Å². The summed E-state index contributed by atoms with van der Waals surface area (Å²) in [4.78, 5) is 11.4. The predicted molar refractivity (Wildman–Crippen MR) is 211 cm³/mol. The molecular weight excluding hydrogens is 627 g/mol. The van der Waals surface area contributed by atoms with E-state index in [0.717, 1.165) is 33.9 Å². The third-order valence-corrected chi connectivity index (χ3v) is 8.96. The van der Waals surface area contributed by atoms with Crippen molar-refractivity contribution in [2.75, 3.05) is 4.90 Å². The average Bonchev–Trinajstić information content (AvgIpc) is 3.08. The minimum atomic E-state index is -0.0506. The molecule has 0 atom stereocenters. The van der Waals surface area contributed by atoms with Gasteiger partial charge in [-0.25, -0.2) is 4.98 Å². The zero-order valence-corrected chi connectivity index (χ0v) is 31.4. The van der Waals surface area contributed by atoms with Crippen LogP contribution in [-0.2, 0) is 16.2 Å². The summed E-state index contributed by atoms with van der Waals surface area (Å²) in [5.41, 5.74) is 8.51. The first-order valence-electron chi connectivity index (χ1n) is 17.6. The Morgan fingerprint density at radius 1 is 0.431 bits per heavy atom. The second-order valence-corrected chi connectivity index (χ2v) is 16.2. The molecule has 2 aromatic heterocycles. The molecule has 5 nitrogen and oxygen atoms in total. The van der Waals surface area contributed by atoms with Crippen molar-refractivity contribution >= 4 is 17.1 Å². The summed E-state index contributed by atoms with van der Waals surface area (Å²) in [5.74, 6) is 2.47. The third kappa shape index (κ3) is 8.67. The number of hydrogen-bond acceptors (Lipinski definition) is 5. The van der Waals surface area contributed by atoms with Crippen LogP contribution in [0.1, 0.15) is 79.0 Å². The highest BCUT2D eigenvalue weighted by molar-refractivity contribution is 5.78. The summed E-state index contributed by atoms with van der Waals surface area (Å²) < 4.78 is 13.2. The van der Waals surface area contributed by atoms with Gasteiger partial charge in [-0.05, 0) is 87.5 Å². The molecule has 4 aromatic carbocycles. The first-order chi connectivity index (χ1) is 24.1. The molecule has 0 fully saturated rings. The van der Waals surface area contributed by atoms with E-state index >= 15 is 0 Å². The lowest BCUT2D eigenvalue weighted by Gasteiger charge is -2.28. The van der Waals surface area contributed by atoms with Gasteiger partial charge in [0, 0.05) is 53.6 Å². The van der Waals surface area contributed by atoms with Gasteiger partial charge >= 0.3 is 0 Å². The van der Waals surface area contributed by atoms with Gasteiger partial charge in [-0.3, -0.25) is 4.98 Å². The largest absolute Gasteiger partial charge is 0.457 e. The smallest absolute Gasteiger partial charge is 0.219 e. The van der Waals surface area contributed by atoms with Gasteiger partial charge in [0.15, 0.2) is 0 Å². The Hall–Kier alpha value is -5.42. The molecule has 5 heteroatoms. The number of anilines is 3. The molecule has 260 valence electrons. The molecule has 0 aliphatic rings. The zero-order chi connectivity index (χ0) is 36.4. The number of hydrogen-bond donors (Lipinski definition) is 0. The molecule has 0 N–H and O–H groups in total. The number of pyridine rings is 2.